The van der Waals surface area contributed by atoms with Gasteiger partial charge in [0.15, 0.2) is 0 Å². The van der Waals surface area contributed by atoms with Crippen molar-refractivity contribution in [2.24, 2.45) is 47.3 Å². The Hall–Kier alpha value is -0.260. The number of allylic oxidation sites excluding steroid dienone is 2. The molecule has 0 nitrogen and oxygen atoms in total. The highest BCUT2D eigenvalue weighted by molar-refractivity contribution is 5.19. The number of fused-ring (bicyclic) bond motifs is 5. The van der Waals surface area contributed by atoms with Gasteiger partial charge in [-0.3, -0.25) is 0 Å². The summed E-state index contributed by atoms with van der Waals surface area (Å²) in [4.78, 5) is 0. The minimum absolute atomic E-state index is 1.03. The Morgan fingerprint density at radius 3 is 2.67 bits per heavy atom. The van der Waals surface area contributed by atoms with Crippen LogP contribution in [0.15, 0.2) is 12.2 Å². The second-order valence-electron chi connectivity index (χ2n) is 6.95. The molecule has 0 saturated heterocycles. The van der Waals surface area contributed by atoms with Crippen molar-refractivity contribution in [2.45, 2.75) is 32.1 Å². The molecule has 0 radical (unpaired) electrons. The second-order valence-corrected chi connectivity index (χ2v) is 6.95. The molecule has 0 amide bonds. The highest BCUT2D eigenvalue weighted by Crippen LogP contribution is 2.73. The zero-order chi connectivity index (χ0) is 9.57. The van der Waals surface area contributed by atoms with Crippen molar-refractivity contribution in [2.75, 3.05) is 0 Å². The van der Waals surface area contributed by atoms with Gasteiger partial charge >= 0.3 is 0 Å². The maximum atomic E-state index is 2.61. The standard InChI is InChI=1S/C15H20/c1-2-4-10-9(3-1)12-6-8-5-11(8)14-7-13(10)15(12)14/h2,4,8-15H,1,3,5-7H2. The van der Waals surface area contributed by atoms with Crippen molar-refractivity contribution in [3.05, 3.63) is 12.2 Å². The molecule has 5 rings (SSSR count). The van der Waals surface area contributed by atoms with Crippen LogP contribution in [0.5, 0.6) is 0 Å². The van der Waals surface area contributed by atoms with E-state index in [0.29, 0.717) is 0 Å². The first-order valence-corrected chi connectivity index (χ1v) is 7.10. The Kier molecular flexibility index (Phi) is 1.25. The lowest BCUT2D eigenvalue weighted by molar-refractivity contribution is 0.00756. The van der Waals surface area contributed by atoms with E-state index in [4.69, 9.17) is 0 Å². The topological polar surface area (TPSA) is 0 Å². The molecule has 0 heterocycles. The molecule has 0 N–H and O–H groups in total. The van der Waals surface area contributed by atoms with E-state index in [0.717, 1.165) is 17.8 Å². The van der Waals surface area contributed by atoms with Crippen LogP contribution < -0.4 is 0 Å². The van der Waals surface area contributed by atoms with Crippen LogP contribution in [0.2, 0.25) is 0 Å². The highest BCUT2D eigenvalue weighted by atomic mass is 14.7. The van der Waals surface area contributed by atoms with Crippen LogP contribution in [0.25, 0.3) is 0 Å². The smallest absolute Gasteiger partial charge is 0.0171 e. The van der Waals surface area contributed by atoms with Crippen LogP contribution in [0.4, 0.5) is 0 Å². The van der Waals surface area contributed by atoms with Crippen LogP contribution >= 0.6 is 0 Å². The summed E-state index contributed by atoms with van der Waals surface area (Å²) in [5, 5.41) is 0. The summed E-state index contributed by atoms with van der Waals surface area (Å²) in [6, 6.07) is 0. The lowest BCUT2D eigenvalue weighted by Gasteiger charge is -2.48. The fourth-order valence-corrected chi connectivity index (χ4v) is 6.13. The van der Waals surface area contributed by atoms with E-state index in [2.05, 4.69) is 12.2 Å². The fraction of sp³-hybridized carbons (Fsp3) is 0.867. The first-order chi connectivity index (χ1) is 7.43. The van der Waals surface area contributed by atoms with Gasteiger partial charge in [0.25, 0.3) is 0 Å². The molecule has 4 fully saturated rings. The van der Waals surface area contributed by atoms with Gasteiger partial charge in [-0.15, -0.1) is 0 Å². The second kappa shape index (κ2) is 2.36. The van der Waals surface area contributed by atoms with E-state index in [9.17, 15) is 0 Å². The molecule has 0 heteroatoms. The van der Waals surface area contributed by atoms with Crippen molar-refractivity contribution in [3.8, 4) is 0 Å². The predicted molar refractivity (Wildman–Crippen MR) is 60.1 cm³/mol. The van der Waals surface area contributed by atoms with Crippen molar-refractivity contribution >= 4 is 0 Å². The quantitative estimate of drug-likeness (QED) is 0.525. The molecule has 0 aromatic heterocycles. The summed E-state index contributed by atoms with van der Waals surface area (Å²) in [6.45, 7) is 0. The van der Waals surface area contributed by atoms with E-state index in [-0.39, 0.29) is 0 Å². The molecule has 8 atom stereocenters. The van der Waals surface area contributed by atoms with Crippen molar-refractivity contribution < 1.29 is 0 Å². The van der Waals surface area contributed by atoms with Gasteiger partial charge in [-0.1, -0.05) is 12.2 Å². The van der Waals surface area contributed by atoms with Gasteiger partial charge in [0.05, 0.1) is 0 Å². The van der Waals surface area contributed by atoms with E-state index in [1.165, 1.54) is 42.4 Å². The first kappa shape index (κ1) is 7.92. The van der Waals surface area contributed by atoms with Crippen molar-refractivity contribution in [1.82, 2.24) is 0 Å². The van der Waals surface area contributed by atoms with Gasteiger partial charge in [0.2, 0.25) is 0 Å². The molecular formula is C15H20. The molecule has 80 valence electrons. The van der Waals surface area contributed by atoms with Crippen LogP contribution in [0.1, 0.15) is 32.1 Å². The molecule has 0 spiro atoms. The largest absolute Gasteiger partial charge is 0.0882 e. The molecule has 0 aliphatic heterocycles. The van der Waals surface area contributed by atoms with Crippen LogP contribution in [0.3, 0.4) is 0 Å². The monoisotopic (exact) mass is 200 g/mol. The third kappa shape index (κ3) is 0.797. The average Bonchev–Trinajstić information content (AvgIpc) is 2.90. The third-order valence-corrected chi connectivity index (χ3v) is 6.69. The van der Waals surface area contributed by atoms with E-state index >= 15 is 0 Å². The molecule has 8 unspecified atom stereocenters. The summed E-state index contributed by atoms with van der Waals surface area (Å²) < 4.78 is 0. The predicted octanol–water partition coefficient (Wildman–Crippen LogP) is 3.49. The van der Waals surface area contributed by atoms with Crippen LogP contribution in [-0.2, 0) is 0 Å². The van der Waals surface area contributed by atoms with Gasteiger partial charge in [0.1, 0.15) is 0 Å². The fourth-order valence-electron chi connectivity index (χ4n) is 6.13. The highest BCUT2D eigenvalue weighted by Gasteiger charge is 2.66. The molecule has 0 bridgehead atoms. The zero-order valence-corrected chi connectivity index (χ0v) is 9.31. The molecule has 4 saturated carbocycles. The summed E-state index contributed by atoms with van der Waals surface area (Å²) in [6.07, 6.45) is 12.9. The third-order valence-electron chi connectivity index (χ3n) is 6.69. The Balaban J connectivity index is 1.57. The molecular weight excluding hydrogens is 180 g/mol. The maximum absolute atomic E-state index is 2.61. The lowest BCUT2D eigenvalue weighted by atomic mass is 9.57. The SMILES string of the molecule is C1=CC2C(CC1)C1CC3CC3C3CC2C31. The lowest BCUT2D eigenvalue weighted by Crippen LogP contribution is -2.42. The van der Waals surface area contributed by atoms with E-state index in [1.807, 2.05) is 0 Å². The van der Waals surface area contributed by atoms with Gasteiger partial charge in [-0.2, -0.15) is 0 Å². The van der Waals surface area contributed by atoms with Crippen LogP contribution in [0, 0.1) is 47.3 Å². The number of rotatable bonds is 0. The van der Waals surface area contributed by atoms with Gasteiger partial charge in [0, 0.05) is 0 Å². The summed E-state index contributed by atoms with van der Waals surface area (Å²) in [5.41, 5.74) is 0. The summed E-state index contributed by atoms with van der Waals surface area (Å²) >= 11 is 0. The first-order valence-electron chi connectivity index (χ1n) is 7.10. The number of hydrogen-bond acceptors (Lipinski definition) is 0. The van der Waals surface area contributed by atoms with E-state index < -0.39 is 0 Å². The van der Waals surface area contributed by atoms with Gasteiger partial charge in [-0.05, 0) is 79.4 Å². The Bertz CT molecular complexity index is 342. The molecule has 0 aromatic carbocycles. The van der Waals surface area contributed by atoms with Gasteiger partial charge in [-0.25, -0.2) is 0 Å². The molecule has 15 heavy (non-hydrogen) atoms. The Morgan fingerprint density at radius 1 is 0.800 bits per heavy atom. The molecule has 5 aliphatic rings. The Labute approximate surface area is 92.1 Å². The van der Waals surface area contributed by atoms with Crippen molar-refractivity contribution in [1.29, 1.82) is 0 Å². The molecule has 5 aliphatic carbocycles. The maximum Gasteiger partial charge on any atom is -0.0171 e. The van der Waals surface area contributed by atoms with Gasteiger partial charge < -0.3 is 0 Å². The molecule has 0 aromatic rings. The average molecular weight is 200 g/mol. The summed E-state index contributed by atoms with van der Waals surface area (Å²) in [7, 11) is 0. The van der Waals surface area contributed by atoms with E-state index in [1.54, 1.807) is 19.3 Å². The van der Waals surface area contributed by atoms with Crippen LogP contribution in [-0.4, -0.2) is 0 Å². The minimum atomic E-state index is 1.03. The zero-order valence-electron chi connectivity index (χ0n) is 9.31. The van der Waals surface area contributed by atoms with Crippen molar-refractivity contribution in [3.63, 3.8) is 0 Å². The number of hydrogen-bond donors (Lipinski definition) is 0. The Morgan fingerprint density at radius 2 is 1.67 bits per heavy atom. The minimum Gasteiger partial charge on any atom is -0.0882 e. The normalized spacial score (nSPS) is 67.7. The summed E-state index contributed by atoms with van der Waals surface area (Å²) in [5.74, 6) is 9.28.